The van der Waals surface area contributed by atoms with Gasteiger partial charge in [0.2, 0.25) is 0 Å². The van der Waals surface area contributed by atoms with E-state index in [9.17, 15) is 0 Å². The first-order chi connectivity index (χ1) is 6.79. The summed E-state index contributed by atoms with van der Waals surface area (Å²) in [5.41, 5.74) is 6.14. The van der Waals surface area contributed by atoms with Gasteiger partial charge in [0.05, 0.1) is 6.10 Å². The third kappa shape index (κ3) is 3.01. The Kier molecular flexibility index (Phi) is 5.00. The largest absolute Gasteiger partial charge is 0.378 e. The topological polar surface area (TPSA) is 35.2 Å². The molecule has 1 aliphatic heterocycles. The first-order valence-corrected chi connectivity index (χ1v) is 5.56. The zero-order valence-corrected chi connectivity index (χ0v) is 9.25. The molecule has 1 rings (SSSR count). The summed E-state index contributed by atoms with van der Waals surface area (Å²) in [5, 5.41) is 0. The maximum atomic E-state index is 6.14. The van der Waals surface area contributed by atoms with Gasteiger partial charge in [0.15, 0.2) is 0 Å². The van der Waals surface area contributed by atoms with Gasteiger partial charge < -0.3 is 10.5 Å². The SMILES string of the molecule is CC#CCCC(N)C1CCOC1CC. The average molecular weight is 195 g/mol. The second-order valence-electron chi connectivity index (χ2n) is 3.90. The molecule has 3 atom stereocenters. The lowest BCUT2D eigenvalue weighted by molar-refractivity contribution is 0.0807. The summed E-state index contributed by atoms with van der Waals surface area (Å²) in [6.07, 6.45) is 4.52. The predicted molar refractivity (Wildman–Crippen MR) is 58.8 cm³/mol. The van der Waals surface area contributed by atoms with Crippen molar-refractivity contribution in [1.29, 1.82) is 0 Å². The lowest BCUT2D eigenvalue weighted by atomic mass is 9.89. The molecule has 14 heavy (non-hydrogen) atoms. The third-order valence-corrected chi connectivity index (χ3v) is 2.99. The highest BCUT2D eigenvalue weighted by Gasteiger charge is 2.30. The Balaban J connectivity index is 2.33. The summed E-state index contributed by atoms with van der Waals surface area (Å²) in [6, 6.07) is 0.267. The summed E-state index contributed by atoms with van der Waals surface area (Å²) in [5.74, 6) is 6.52. The van der Waals surface area contributed by atoms with Gasteiger partial charge in [0, 0.05) is 25.0 Å². The van der Waals surface area contributed by atoms with Gasteiger partial charge in [0.25, 0.3) is 0 Å². The minimum absolute atomic E-state index is 0.267. The highest BCUT2D eigenvalue weighted by Crippen LogP contribution is 2.27. The van der Waals surface area contributed by atoms with E-state index in [0.29, 0.717) is 12.0 Å². The molecule has 0 amide bonds. The number of hydrogen-bond acceptors (Lipinski definition) is 2. The molecule has 2 nitrogen and oxygen atoms in total. The standard InChI is InChI=1S/C12H21NO/c1-3-5-6-7-11(13)10-8-9-14-12(10)4-2/h10-12H,4,6-9,13H2,1-2H3. The smallest absolute Gasteiger partial charge is 0.0616 e. The molecule has 80 valence electrons. The van der Waals surface area contributed by atoms with Crippen LogP contribution in [0.5, 0.6) is 0 Å². The second-order valence-corrected chi connectivity index (χ2v) is 3.90. The maximum absolute atomic E-state index is 6.14. The van der Waals surface area contributed by atoms with E-state index >= 15 is 0 Å². The summed E-state index contributed by atoms with van der Waals surface area (Å²) >= 11 is 0. The van der Waals surface area contributed by atoms with Crippen molar-refractivity contribution in [3.8, 4) is 11.8 Å². The van der Waals surface area contributed by atoms with Gasteiger partial charge in [-0.3, -0.25) is 0 Å². The number of ether oxygens (including phenoxy) is 1. The molecule has 0 aliphatic carbocycles. The molecule has 0 aromatic rings. The summed E-state index contributed by atoms with van der Waals surface area (Å²) in [7, 11) is 0. The Morgan fingerprint density at radius 2 is 2.36 bits per heavy atom. The van der Waals surface area contributed by atoms with E-state index in [0.717, 1.165) is 32.3 Å². The number of rotatable bonds is 4. The molecule has 0 aromatic heterocycles. The first kappa shape index (κ1) is 11.6. The average Bonchev–Trinajstić information content (AvgIpc) is 2.65. The molecule has 0 saturated carbocycles. The molecule has 2 N–H and O–H groups in total. The number of nitrogens with two attached hydrogens (primary N) is 1. The van der Waals surface area contributed by atoms with Crippen LogP contribution in [0.4, 0.5) is 0 Å². The predicted octanol–water partition coefficient (Wildman–Crippen LogP) is 1.93. The van der Waals surface area contributed by atoms with Crippen LogP contribution in [-0.4, -0.2) is 18.8 Å². The monoisotopic (exact) mass is 195 g/mol. The Morgan fingerprint density at radius 1 is 1.57 bits per heavy atom. The molecular formula is C12H21NO. The Labute approximate surface area is 87.2 Å². The van der Waals surface area contributed by atoms with Crippen LogP contribution in [0.3, 0.4) is 0 Å². The van der Waals surface area contributed by atoms with E-state index in [1.165, 1.54) is 0 Å². The molecule has 2 heteroatoms. The van der Waals surface area contributed by atoms with Crippen molar-refractivity contribution < 1.29 is 4.74 Å². The van der Waals surface area contributed by atoms with Crippen molar-refractivity contribution in [2.45, 2.75) is 51.7 Å². The Bertz CT molecular complexity index is 216. The van der Waals surface area contributed by atoms with Gasteiger partial charge in [-0.05, 0) is 26.2 Å². The molecule has 3 unspecified atom stereocenters. The minimum atomic E-state index is 0.267. The van der Waals surface area contributed by atoms with Crippen molar-refractivity contribution in [2.24, 2.45) is 11.7 Å². The van der Waals surface area contributed by atoms with Gasteiger partial charge in [0.1, 0.15) is 0 Å². The van der Waals surface area contributed by atoms with Gasteiger partial charge in [-0.25, -0.2) is 0 Å². The van der Waals surface area contributed by atoms with Gasteiger partial charge >= 0.3 is 0 Å². The summed E-state index contributed by atoms with van der Waals surface area (Å²) < 4.78 is 5.63. The van der Waals surface area contributed by atoms with E-state index in [4.69, 9.17) is 10.5 Å². The highest BCUT2D eigenvalue weighted by molar-refractivity contribution is 4.96. The van der Waals surface area contributed by atoms with Crippen LogP contribution >= 0.6 is 0 Å². The fourth-order valence-corrected chi connectivity index (χ4v) is 2.15. The van der Waals surface area contributed by atoms with Crippen molar-refractivity contribution in [3.05, 3.63) is 0 Å². The van der Waals surface area contributed by atoms with Crippen molar-refractivity contribution in [1.82, 2.24) is 0 Å². The van der Waals surface area contributed by atoms with Crippen LogP contribution in [-0.2, 0) is 4.74 Å². The van der Waals surface area contributed by atoms with Gasteiger partial charge in [-0.1, -0.05) is 6.92 Å². The molecule has 1 heterocycles. The zero-order valence-electron chi connectivity index (χ0n) is 9.25. The van der Waals surface area contributed by atoms with Crippen LogP contribution < -0.4 is 5.73 Å². The van der Waals surface area contributed by atoms with Crippen LogP contribution in [0.15, 0.2) is 0 Å². The Hall–Kier alpha value is -0.520. The van der Waals surface area contributed by atoms with E-state index in [2.05, 4.69) is 18.8 Å². The molecule has 0 aromatic carbocycles. The van der Waals surface area contributed by atoms with Gasteiger partial charge in [-0.2, -0.15) is 0 Å². The molecule has 1 fully saturated rings. The highest BCUT2D eigenvalue weighted by atomic mass is 16.5. The van der Waals surface area contributed by atoms with E-state index in [1.54, 1.807) is 0 Å². The zero-order chi connectivity index (χ0) is 10.4. The molecule has 1 saturated heterocycles. The number of hydrogen-bond donors (Lipinski definition) is 1. The second kappa shape index (κ2) is 6.06. The fraction of sp³-hybridized carbons (Fsp3) is 0.833. The molecule has 0 radical (unpaired) electrons. The first-order valence-electron chi connectivity index (χ1n) is 5.56. The lowest BCUT2D eigenvalue weighted by Gasteiger charge is -2.22. The normalized spacial score (nSPS) is 28.2. The van der Waals surface area contributed by atoms with Crippen molar-refractivity contribution in [3.63, 3.8) is 0 Å². The van der Waals surface area contributed by atoms with Crippen LogP contribution in [0.2, 0.25) is 0 Å². The summed E-state index contributed by atoms with van der Waals surface area (Å²) in [4.78, 5) is 0. The van der Waals surface area contributed by atoms with E-state index < -0.39 is 0 Å². The fourth-order valence-electron chi connectivity index (χ4n) is 2.15. The maximum Gasteiger partial charge on any atom is 0.0616 e. The van der Waals surface area contributed by atoms with Gasteiger partial charge in [-0.15, -0.1) is 11.8 Å². The minimum Gasteiger partial charge on any atom is -0.378 e. The van der Waals surface area contributed by atoms with Crippen LogP contribution in [0.1, 0.15) is 39.5 Å². The Morgan fingerprint density at radius 3 is 3.00 bits per heavy atom. The van der Waals surface area contributed by atoms with E-state index in [1.807, 2.05) is 6.92 Å². The van der Waals surface area contributed by atoms with Crippen LogP contribution in [0.25, 0.3) is 0 Å². The molecule has 1 aliphatic rings. The third-order valence-electron chi connectivity index (χ3n) is 2.99. The van der Waals surface area contributed by atoms with E-state index in [-0.39, 0.29) is 6.04 Å². The van der Waals surface area contributed by atoms with Crippen molar-refractivity contribution in [2.75, 3.05) is 6.61 Å². The molecular weight excluding hydrogens is 174 g/mol. The summed E-state index contributed by atoms with van der Waals surface area (Å²) in [6.45, 7) is 4.93. The molecule has 0 spiro atoms. The van der Waals surface area contributed by atoms with Crippen LogP contribution in [0, 0.1) is 17.8 Å². The van der Waals surface area contributed by atoms with Crippen molar-refractivity contribution >= 4 is 0 Å². The quantitative estimate of drug-likeness (QED) is 0.696. The molecule has 0 bridgehead atoms. The lowest BCUT2D eigenvalue weighted by Crippen LogP contribution is -2.35.